The van der Waals surface area contributed by atoms with E-state index in [-0.39, 0.29) is 11.7 Å². The van der Waals surface area contributed by atoms with Crippen molar-refractivity contribution in [2.24, 2.45) is 0 Å². The molecule has 1 amide bonds. The Balaban J connectivity index is 1.67. The van der Waals surface area contributed by atoms with Crippen molar-refractivity contribution in [3.8, 4) is 11.3 Å². The summed E-state index contributed by atoms with van der Waals surface area (Å²) in [4.78, 5) is 30.5. The van der Waals surface area contributed by atoms with Crippen LogP contribution in [0.25, 0.3) is 11.3 Å². The van der Waals surface area contributed by atoms with Gasteiger partial charge < -0.3 is 5.32 Å². The fraction of sp³-hybridized carbons (Fsp3) is 0.0417. The van der Waals surface area contributed by atoms with Gasteiger partial charge in [-0.25, -0.2) is 4.98 Å². The van der Waals surface area contributed by atoms with Gasteiger partial charge in [0.1, 0.15) is 0 Å². The van der Waals surface area contributed by atoms with E-state index in [0.717, 1.165) is 16.3 Å². The number of carbonyl (C=O) groups is 2. The SMILES string of the molecule is Cc1nc(-c2ccccc2NC(=O)c2ccccc2C(=O)c2ccccc2)cs1. The summed E-state index contributed by atoms with van der Waals surface area (Å²) in [5, 5.41) is 5.88. The summed E-state index contributed by atoms with van der Waals surface area (Å²) in [6.45, 7) is 1.95. The molecule has 5 heteroatoms. The lowest BCUT2D eigenvalue weighted by Crippen LogP contribution is -2.17. The molecule has 4 rings (SSSR count). The van der Waals surface area contributed by atoms with Crippen LogP contribution in [0.15, 0.2) is 84.2 Å². The smallest absolute Gasteiger partial charge is 0.256 e. The zero-order valence-electron chi connectivity index (χ0n) is 15.8. The molecule has 1 N–H and O–H groups in total. The third-order valence-electron chi connectivity index (χ3n) is 4.52. The number of nitrogens with zero attached hydrogens (tertiary/aromatic N) is 1. The highest BCUT2D eigenvalue weighted by Gasteiger charge is 2.19. The van der Waals surface area contributed by atoms with E-state index in [1.54, 1.807) is 47.7 Å². The number of aromatic nitrogens is 1. The first-order chi connectivity index (χ1) is 14.1. The fourth-order valence-electron chi connectivity index (χ4n) is 3.12. The minimum Gasteiger partial charge on any atom is -0.321 e. The number of rotatable bonds is 5. The first-order valence-electron chi connectivity index (χ1n) is 9.15. The number of hydrogen-bond acceptors (Lipinski definition) is 4. The second-order valence-corrected chi connectivity index (χ2v) is 7.55. The molecule has 0 fully saturated rings. The Bertz CT molecular complexity index is 1180. The minimum atomic E-state index is -0.329. The normalized spacial score (nSPS) is 10.5. The Hall–Kier alpha value is -3.57. The van der Waals surface area contributed by atoms with Gasteiger partial charge in [-0.15, -0.1) is 11.3 Å². The third kappa shape index (κ3) is 4.00. The van der Waals surface area contributed by atoms with Crippen molar-refractivity contribution >= 4 is 28.7 Å². The quantitative estimate of drug-likeness (QED) is 0.445. The number of benzene rings is 3. The van der Waals surface area contributed by atoms with E-state index < -0.39 is 0 Å². The topological polar surface area (TPSA) is 59.1 Å². The van der Waals surface area contributed by atoms with Crippen molar-refractivity contribution in [2.75, 3.05) is 5.32 Å². The molecule has 142 valence electrons. The fourth-order valence-corrected chi connectivity index (χ4v) is 3.73. The first-order valence-corrected chi connectivity index (χ1v) is 10.0. The Morgan fingerprint density at radius 1 is 0.828 bits per heavy atom. The molecule has 4 nitrogen and oxygen atoms in total. The largest absolute Gasteiger partial charge is 0.321 e. The second-order valence-electron chi connectivity index (χ2n) is 6.49. The molecule has 0 aliphatic carbocycles. The van der Waals surface area contributed by atoms with Crippen LogP contribution in [0.5, 0.6) is 0 Å². The molecular weight excluding hydrogens is 380 g/mol. The van der Waals surface area contributed by atoms with Gasteiger partial charge in [-0.2, -0.15) is 0 Å². The van der Waals surface area contributed by atoms with Gasteiger partial charge in [-0.3, -0.25) is 9.59 Å². The number of amides is 1. The van der Waals surface area contributed by atoms with Gasteiger partial charge in [0.05, 0.1) is 22.0 Å². The highest BCUT2D eigenvalue weighted by molar-refractivity contribution is 7.09. The van der Waals surface area contributed by atoms with Gasteiger partial charge in [0.15, 0.2) is 5.78 Å². The molecule has 0 atom stereocenters. The maximum atomic E-state index is 13.1. The highest BCUT2D eigenvalue weighted by atomic mass is 32.1. The molecule has 0 spiro atoms. The van der Waals surface area contributed by atoms with Crippen LogP contribution in [0, 0.1) is 6.92 Å². The summed E-state index contributed by atoms with van der Waals surface area (Å²) in [7, 11) is 0. The van der Waals surface area contributed by atoms with E-state index in [1.807, 2.05) is 54.8 Å². The zero-order chi connectivity index (χ0) is 20.2. The van der Waals surface area contributed by atoms with E-state index >= 15 is 0 Å². The Morgan fingerprint density at radius 2 is 1.48 bits per heavy atom. The highest BCUT2D eigenvalue weighted by Crippen LogP contribution is 2.29. The number of hydrogen-bond donors (Lipinski definition) is 1. The van der Waals surface area contributed by atoms with E-state index in [4.69, 9.17) is 0 Å². The Labute approximate surface area is 172 Å². The average Bonchev–Trinajstić information content (AvgIpc) is 3.20. The van der Waals surface area contributed by atoms with Crippen molar-refractivity contribution in [1.82, 2.24) is 4.98 Å². The number of carbonyl (C=O) groups excluding carboxylic acids is 2. The van der Waals surface area contributed by atoms with Crippen LogP contribution in [0.4, 0.5) is 5.69 Å². The number of para-hydroxylation sites is 1. The van der Waals surface area contributed by atoms with E-state index in [2.05, 4.69) is 10.3 Å². The molecular formula is C24H18N2O2S. The first kappa shape index (κ1) is 18.8. The van der Waals surface area contributed by atoms with Crippen LogP contribution in [0.2, 0.25) is 0 Å². The van der Waals surface area contributed by atoms with Crippen molar-refractivity contribution in [2.45, 2.75) is 6.92 Å². The number of anilines is 1. The lowest BCUT2D eigenvalue weighted by Gasteiger charge is -2.12. The van der Waals surface area contributed by atoms with Crippen molar-refractivity contribution in [1.29, 1.82) is 0 Å². The van der Waals surface area contributed by atoms with Gasteiger partial charge in [0.25, 0.3) is 5.91 Å². The summed E-state index contributed by atoms with van der Waals surface area (Å²) < 4.78 is 0. The lowest BCUT2D eigenvalue weighted by molar-refractivity contribution is 0.0996. The Morgan fingerprint density at radius 3 is 2.21 bits per heavy atom. The van der Waals surface area contributed by atoms with Gasteiger partial charge in [0, 0.05) is 22.1 Å². The number of nitrogens with one attached hydrogen (secondary N) is 1. The van der Waals surface area contributed by atoms with Gasteiger partial charge in [0.2, 0.25) is 0 Å². The summed E-state index contributed by atoms with van der Waals surface area (Å²) in [5.74, 6) is -0.510. The van der Waals surface area contributed by atoms with Crippen LogP contribution < -0.4 is 5.32 Å². The van der Waals surface area contributed by atoms with E-state index in [9.17, 15) is 9.59 Å². The summed E-state index contributed by atoms with van der Waals surface area (Å²) in [6.07, 6.45) is 0. The lowest BCUT2D eigenvalue weighted by atomic mass is 9.97. The van der Waals surface area contributed by atoms with Crippen LogP contribution in [0.1, 0.15) is 31.3 Å². The maximum absolute atomic E-state index is 13.1. The standard InChI is InChI=1S/C24H18N2O2S/c1-16-25-22(15-29-16)20-13-7-8-14-21(20)26-24(28)19-12-6-5-11-18(19)23(27)17-9-3-2-4-10-17/h2-15H,1H3,(H,26,28). The van der Waals surface area contributed by atoms with Crippen LogP contribution >= 0.6 is 11.3 Å². The number of aryl methyl sites for hydroxylation is 1. The van der Waals surface area contributed by atoms with Crippen molar-refractivity contribution in [3.05, 3.63) is 106 Å². The molecule has 29 heavy (non-hydrogen) atoms. The monoisotopic (exact) mass is 398 g/mol. The molecule has 4 aromatic rings. The summed E-state index contributed by atoms with van der Waals surface area (Å²) in [6, 6.07) is 23.4. The molecule has 0 bridgehead atoms. The summed E-state index contributed by atoms with van der Waals surface area (Å²) in [5.41, 5.74) is 3.58. The summed E-state index contributed by atoms with van der Waals surface area (Å²) >= 11 is 1.56. The van der Waals surface area contributed by atoms with Crippen molar-refractivity contribution in [3.63, 3.8) is 0 Å². The maximum Gasteiger partial charge on any atom is 0.256 e. The predicted molar refractivity (Wildman–Crippen MR) is 117 cm³/mol. The molecule has 3 aromatic carbocycles. The molecule has 0 saturated carbocycles. The van der Waals surface area contributed by atoms with Gasteiger partial charge in [-0.1, -0.05) is 66.7 Å². The van der Waals surface area contributed by atoms with E-state index in [1.165, 1.54) is 0 Å². The molecule has 0 radical (unpaired) electrons. The molecule has 0 aliphatic heterocycles. The van der Waals surface area contributed by atoms with Gasteiger partial charge >= 0.3 is 0 Å². The van der Waals surface area contributed by atoms with Crippen LogP contribution in [-0.2, 0) is 0 Å². The molecule has 0 saturated heterocycles. The molecule has 0 aliphatic rings. The predicted octanol–water partition coefficient (Wildman–Crippen LogP) is 5.60. The van der Waals surface area contributed by atoms with Crippen molar-refractivity contribution < 1.29 is 9.59 Å². The number of thiazole rings is 1. The molecule has 1 heterocycles. The molecule has 0 unspecified atom stereocenters. The van der Waals surface area contributed by atoms with Crippen LogP contribution in [-0.4, -0.2) is 16.7 Å². The van der Waals surface area contributed by atoms with E-state index in [0.29, 0.717) is 22.4 Å². The van der Waals surface area contributed by atoms with Crippen LogP contribution in [0.3, 0.4) is 0 Å². The second kappa shape index (κ2) is 8.20. The van der Waals surface area contributed by atoms with Gasteiger partial charge in [-0.05, 0) is 19.1 Å². The number of ketones is 1. The molecule has 1 aromatic heterocycles. The zero-order valence-corrected chi connectivity index (χ0v) is 16.6. The minimum absolute atomic E-state index is 0.181. The average molecular weight is 398 g/mol. The third-order valence-corrected chi connectivity index (χ3v) is 5.30. The Kier molecular flexibility index (Phi) is 5.31.